The number of carbonyl (C=O) groups excluding carboxylic acids is 1. The summed E-state index contributed by atoms with van der Waals surface area (Å²) < 4.78 is 0.761. The largest absolute Gasteiger partial charge is 0.307 e. The van der Waals surface area contributed by atoms with Crippen LogP contribution in [0, 0.1) is 6.92 Å². The number of anilines is 1. The van der Waals surface area contributed by atoms with Gasteiger partial charge < -0.3 is 5.32 Å². The lowest BCUT2D eigenvalue weighted by atomic mass is 10.2. The SMILES string of the molecule is Cc1cccc(NC(=O)c2cc(Cl)cc(Br)c2)n1. The quantitative estimate of drug-likeness (QED) is 0.905. The lowest BCUT2D eigenvalue weighted by Gasteiger charge is -2.06. The van der Waals surface area contributed by atoms with Crippen LogP contribution in [0.1, 0.15) is 16.1 Å². The van der Waals surface area contributed by atoms with E-state index in [1.54, 1.807) is 24.3 Å². The predicted molar refractivity (Wildman–Crippen MR) is 76.1 cm³/mol. The molecular weight excluding hydrogens is 316 g/mol. The van der Waals surface area contributed by atoms with Crippen LogP contribution in [-0.4, -0.2) is 10.9 Å². The van der Waals surface area contributed by atoms with E-state index in [0.717, 1.165) is 10.2 Å². The van der Waals surface area contributed by atoms with Crippen molar-refractivity contribution in [2.45, 2.75) is 6.92 Å². The molecule has 0 spiro atoms. The normalized spacial score (nSPS) is 10.2. The van der Waals surface area contributed by atoms with Crippen molar-refractivity contribution < 1.29 is 4.79 Å². The van der Waals surface area contributed by atoms with Gasteiger partial charge >= 0.3 is 0 Å². The number of hydrogen-bond donors (Lipinski definition) is 1. The standard InChI is InChI=1S/C13H10BrClN2O/c1-8-3-2-4-12(16-8)17-13(18)9-5-10(14)7-11(15)6-9/h2-7H,1H3,(H,16,17,18). The van der Waals surface area contributed by atoms with Gasteiger partial charge in [0.15, 0.2) is 0 Å². The second-order valence-corrected chi connectivity index (χ2v) is 5.13. The van der Waals surface area contributed by atoms with Crippen molar-refractivity contribution >= 4 is 39.3 Å². The highest BCUT2D eigenvalue weighted by Crippen LogP contribution is 2.20. The van der Waals surface area contributed by atoms with Crippen molar-refractivity contribution in [3.05, 3.63) is 57.2 Å². The van der Waals surface area contributed by atoms with Gasteiger partial charge in [-0.15, -0.1) is 0 Å². The van der Waals surface area contributed by atoms with E-state index >= 15 is 0 Å². The average Bonchev–Trinajstić information content (AvgIpc) is 2.27. The van der Waals surface area contributed by atoms with Gasteiger partial charge in [0.25, 0.3) is 5.91 Å². The van der Waals surface area contributed by atoms with Crippen LogP contribution in [0.4, 0.5) is 5.82 Å². The van der Waals surface area contributed by atoms with Crippen molar-refractivity contribution in [1.82, 2.24) is 4.98 Å². The van der Waals surface area contributed by atoms with E-state index in [0.29, 0.717) is 16.4 Å². The van der Waals surface area contributed by atoms with E-state index in [9.17, 15) is 4.79 Å². The van der Waals surface area contributed by atoms with Crippen LogP contribution in [0.2, 0.25) is 5.02 Å². The summed E-state index contributed by atoms with van der Waals surface area (Å²) in [5.41, 5.74) is 1.33. The van der Waals surface area contributed by atoms with Gasteiger partial charge in [0.05, 0.1) is 0 Å². The molecular formula is C13H10BrClN2O. The molecule has 0 saturated carbocycles. The molecule has 0 fully saturated rings. The summed E-state index contributed by atoms with van der Waals surface area (Å²) in [6, 6.07) is 10.5. The van der Waals surface area contributed by atoms with E-state index in [1.165, 1.54) is 0 Å². The minimum absolute atomic E-state index is 0.240. The summed E-state index contributed by atoms with van der Waals surface area (Å²) in [5.74, 6) is 0.285. The predicted octanol–water partition coefficient (Wildman–Crippen LogP) is 4.06. The molecule has 5 heteroatoms. The highest BCUT2D eigenvalue weighted by atomic mass is 79.9. The number of rotatable bonds is 2. The lowest BCUT2D eigenvalue weighted by molar-refractivity contribution is 0.102. The van der Waals surface area contributed by atoms with Crippen LogP contribution in [-0.2, 0) is 0 Å². The zero-order valence-corrected chi connectivity index (χ0v) is 11.9. The Kier molecular flexibility index (Phi) is 3.99. The number of hydrogen-bond acceptors (Lipinski definition) is 2. The Balaban J connectivity index is 2.22. The smallest absolute Gasteiger partial charge is 0.256 e. The van der Waals surface area contributed by atoms with Crippen LogP contribution in [0.3, 0.4) is 0 Å². The van der Waals surface area contributed by atoms with Crippen molar-refractivity contribution in [3.63, 3.8) is 0 Å². The van der Waals surface area contributed by atoms with Crippen LogP contribution in [0.15, 0.2) is 40.9 Å². The second kappa shape index (κ2) is 5.50. The number of aromatic nitrogens is 1. The molecule has 0 unspecified atom stereocenters. The number of halogens is 2. The minimum atomic E-state index is -0.240. The fourth-order valence-electron chi connectivity index (χ4n) is 1.49. The molecule has 1 heterocycles. The third-order valence-corrected chi connectivity index (χ3v) is 2.93. The Morgan fingerprint density at radius 1 is 1.33 bits per heavy atom. The summed E-state index contributed by atoms with van der Waals surface area (Å²) >= 11 is 9.20. The molecule has 92 valence electrons. The fourth-order valence-corrected chi connectivity index (χ4v) is 2.35. The van der Waals surface area contributed by atoms with E-state index in [-0.39, 0.29) is 5.91 Å². The average molecular weight is 326 g/mol. The van der Waals surface area contributed by atoms with Crippen molar-refractivity contribution in [3.8, 4) is 0 Å². The molecule has 2 aromatic rings. The summed E-state index contributed by atoms with van der Waals surface area (Å²) in [6.07, 6.45) is 0. The van der Waals surface area contributed by atoms with Gasteiger partial charge in [0.1, 0.15) is 5.82 Å². The molecule has 2 rings (SSSR count). The van der Waals surface area contributed by atoms with E-state index in [1.807, 2.05) is 19.1 Å². The molecule has 0 aliphatic heterocycles. The van der Waals surface area contributed by atoms with Crippen molar-refractivity contribution in [2.75, 3.05) is 5.32 Å². The Hall–Kier alpha value is -1.39. The zero-order valence-electron chi connectivity index (χ0n) is 9.58. The number of pyridine rings is 1. The number of nitrogens with zero attached hydrogens (tertiary/aromatic N) is 1. The first-order valence-electron chi connectivity index (χ1n) is 5.26. The summed E-state index contributed by atoms with van der Waals surface area (Å²) in [6.45, 7) is 1.87. The first-order chi connectivity index (χ1) is 8.54. The van der Waals surface area contributed by atoms with Gasteiger partial charge in [-0.2, -0.15) is 0 Å². The van der Waals surface area contributed by atoms with Gasteiger partial charge in [-0.05, 0) is 37.3 Å². The number of nitrogens with one attached hydrogen (secondary N) is 1. The lowest BCUT2D eigenvalue weighted by Crippen LogP contribution is -2.13. The molecule has 0 aliphatic rings. The first-order valence-corrected chi connectivity index (χ1v) is 6.43. The number of benzene rings is 1. The Morgan fingerprint density at radius 2 is 2.11 bits per heavy atom. The molecule has 0 bridgehead atoms. The third-order valence-electron chi connectivity index (χ3n) is 2.25. The van der Waals surface area contributed by atoms with Gasteiger partial charge in [0.2, 0.25) is 0 Å². The monoisotopic (exact) mass is 324 g/mol. The van der Waals surface area contributed by atoms with Crippen molar-refractivity contribution in [1.29, 1.82) is 0 Å². The second-order valence-electron chi connectivity index (χ2n) is 3.78. The molecule has 1 amide bonds. The third kappa shape index (κ3) is 3.31. The van der Waals surface area contributed by atoms with E-state index < -0.39 is 0 Å². The molecule has 18 heavy (non-hydrogen) atoms. The summed E-state index contributed by atoms with van der Waals surface area (Å²) in [7, 11) is 0. The van der Waals surface area contributed by atoms with Crippen LogP contribution in [0.5, 0.6) is 0 Å². The van der Waals surface area contributed by atoms with Crippen molar-refractivity contribution in [2.24, 2.45) is 0 Å². The number of carbonyl (C=O) groups is 1. The van der Waals surface area contributed by atoms with Gasteiger partial charge in [-0.25, -0.2) is 4.98 Å². The van der Waals surface area contributed by atoms with Crippen LogP contribution < -0.4 is 5.32 Å². The zero-order chi connectivity index (χ0) is 13.1. The molecule has 1 aromatic carbocycles. The maximum atomic E-state index is 12.0. The van der Waals surface area contributed by atoms with Crippen LogP contribution in [0.25, 0.3) is 0 Å². The highest BCUT2D eigenvalue weighted by Gasteiger charge is 2.08. The van der Waals surface area contributed by atoms with Gasteiger partial charge in [-0.1, -0.05) is 33.6 Å². The first kappa shape index (κ1) is 13.1. The van der Waals surface area contributed by atoms with E-state index in [2.05, 4.69) is 26.2 Å². The minimum Gasteiger partial charge on any atom is -0.307 e. The Labute approximate surface area is 118 Å². The maximum Gasteiger partial charge on any atom is 0.256 e. The fraction of sp³-hybridized carbons (Fsp3) is 0.0769. The van der Waals surface area contributed by atoms with Gasteiger partial charge in [0, 0.05) is 20.8 Å². The number of aryl methyl sites for hydroxylation is 1. The highest BCUT2D eigenvalue weighted by molar-refractivity contribution is 9.10. The molecule has 0 atom stereocenters. The Bertz CT molecular complexity index is 581. The Morgan fingerprint density at radius 3 is 2.78 bits per heavy atom. The molecule has 1 aromatic heterocycles. The molecule has 0 aliphatic carbocycles. The molecule has 3 nitrogen and oxygen atoms in total. The summed E-state index contributed by atoms with van der Waals surface area (Å²) in [4.78, 5) is 16.2. The molecule has 0 saturated heterocycles. The maximum absolute atomic E-state index is 12.0. The number of amides is 1. The molecule has 1 N–H and O–H groups in total. The molecule has 0 radical (unpaired) electrons. The van der Waals surface area contributed by atoms with E-state index in [4.69, 9.17) is 11.6 Å². The van der Waals surface area contributed by atoms with Crippen LogP contribution >= 0.6 is 27.5 Å². The summed E-state index contributed by atoms with van der Waals surface area (Å²) in [5, 5.41) is 3.23. The topological polar surface area (TPSA) is 42.0 Å². The van der Waals surface area contributed by atoms with Gasteiger partial charge in [-0.3, -0.25) is 4.79 Å².